The van der Waals surface area contributed by atoms with Crippen molar-refractivity contribution in [2.24, 2.45) is 0 Å². The van der Waals surface area contributed by atoms with Crippen molar-refractivity contribution in [1.82, 2.24) is 0 Å². The Balaban J connectivity index is 0.00000242. The Morgan fingerprint density at radius 2 is 1.64 bits per heavy atom. The summed E-state index contributed by atoms with van der Waals surface area (Å²) < 4.78 is 77.5. The number of hydrogen-bond donors (Lipinski definition) is 0. The van der Waals surface area contributed by atoms with Crippen LogP contribution in [-0.4, -0.2) is 46.2 Å². The van der Waals surface area contributed by atoms with E-state index in [0.717, 1.165) is 6.07 Å². The summed E-state index contributed by atoms with van der Waals surface area (Å²) in [7, 11) is -4.57. The second-order valence-corrected chi connectivity index (χ2v) is 5.84. The standard InChI is InChI=1S/C13H10F4O3S.Li/c14-12(15)13(16,17)8-20-21(18,19)11-7-3-5-9-4-1-2-6-10(9)11;/h1-7,12H,8H2;. The van der Waals surface area contributed by atoms with Gasteiger partial charge in [0.2, 0.25) is 0 Å². The molecule has 2 aromatic carbocycles. The van der Waals surface area contributed by atoms with Crippen LogP contribution < -0.4 is 0 Å². The average molecular weight is 329 g/mol. The second-order valence-electron chi connectivity index (χ2n) is 4.26. The zero-order valence-electron chi connectivity index (χ0n) is 11.5. The molecule has 0 spiro atoms. The van der Waals surface area contributed by atoms with Crippen molar-refractivity contribution in [2.45, 2.75) is 17.2 Å². The molecular formula is C13H10F4LiO3S. The summed E-state index contributed by atoms with van der Waals surface area (Å²) in [6.07, 6.45) is -4.00. The molecule has 0 saturated carbocycles. The molecule has 1 radical (unpaired) electrons. The largest absolute Gasteiger partial charge is 0.331 e. The van der Waals surface area contributed by atoms with Crippen LogP contribution in [0.25, 0.3) is 10.8 Å². The smallest absolute Gasteiger partial charge is 0.260 e. The van der Waals surface area contributed by atoms with E-state index in [1.807, 2.05) is 0 Å². The molecule has 0 unspecified atom stereocenters. The predicted molar refractivity (Wildman–Crippen MR) is 73.8 cm³/mol. The molecular weight excluding hydrogens is 319 g/mol. The summed E-state index contributed by atoms with van der Waals surface area (Å²) in [5, 5.41) is 0.822. The molecule has 0 aromatic heterocycles. The van der Waals surface area contributed by atoms with Gasteiger partial charge in [0.1, 0.15) is 11.5 Å². The molecule has 0 N–H and O–H groups in total. The van der Waals surface area contributed by atoms with E-state index in [4.69, 9.17) is 0 Å². The number of hydrogen-bond acceptors (Lipinski definition) is 3. The van der Waals surface area contributed by atoms with Crippen LogP contribution >= 0.6 is 0 Å². The van der Waals surface area contributed by atoms with Crippen LogP contribution in [0, 0.1) is 0 Å². The van der Waals surface area contributed by atoms with E-state index in [-0.39, 0.29) is 29.1 Å². The van der Waals surface area contributed by atoms with Crippen molar-refractivity contribution >= 4 is 39.8 Å². The van der Waals surface area contributed by atoms with Gasteiger partial charge in [-0.25, -0.2) is 8.78 Å². The minimum absolute atomic E-state index is 0. The second kappa shape index (κ2) is 7.00. The topological polar surface area (TPSA) is 43.4 Å². The van der Waals surface area contributed by atoms with E-state index in [9.17, 15) is 26.0 Å². The van der Waals surface area contributed by atoms with Crippen LogP contribution in [0.5, 0.6) is 0 Å². The molecule has 0 saturated heterocycles. The molecule has 0 fully saturated rings. The molecule has 22 heavy (non-hydrogen) atoms. The van der Waals surface area contributed by atoms with Crippen molar-refractivity contribution in [3.05, 3.63) is 42.5 Å². The van der Waals surface area contributed by atoms with Gasteiger partial charge in [0.15, 0.2) is 0 Å². The maximum absolute atomic E-state index is 12.8. The molecule has 3 nitrogen and oxygen atoms in total. The molecule has 0 aliphatic heterocycles. The van der Waals surface area contributed by atoms with E-state index in [0.29, 0.717) is 5.39 Å². The SMILES string of the molecule is O=S(=O)(OCC(F)(F)C(F)F)c1cccc2ccccc12.[Li]. The Morgan fingerprint density at radius 3 is 2.27 bits per heavy atom. The summed E-state index contributed by atoms with van der Waals surface area (Å²) in [4.78, 5) is -0.342. The molecule has 9 heteroatoms. The molecule has 115 valence electrons. The normalized spacial score (nSPS) is 12.4. The van der Waals surface area contributed by atoms with Gasteiger partial charge in [-0.2, -0.15) is 17.2 Å². The third-order valence-electron chi connectivity index (χ3n) is 2.74. The first-order valence-corrected chi connectivity index (χ1v) is 7.18. The summed E-state index contributed by atoms with van der Waals surface area (Å²) >= 11 is 0. The van der Waals surface area contributed by atoms with Gasteiger partial charge in [0.25, 0.3) is 10.1 Å². The van der Waals surface area contributed by atoms with Crippen LogP contribution in [0.15, 0.2) is 47.4 Å². The fourth-order valence-corrected chi connectivity index (χ4v) is 2.84. The first-order chi connectivity index (χ1) is 9.74. The minimum atomic E-state index is -4.57. The first-order valence-electron chi connectivity index (χ1n) is 5.77. The van der Waals surface area contributed by atoms with Crippen LogP contribution in [0.2, 0.25) is 0 Å². The Bertz CT molecular complexity index is 745. The molecule has 0 aliphatic carbocycles. The average Bonchev–Trinajstić information content (AvgIpc) is 2.44. The summed E-state index contributed by atoms with van der Waals surface area (Å²) in [6.45, 7) is -1.91. The Labute approximate surface area is 136 Å². The fourth-order valence-electron chi connectivity index (χ4n) is 1.70. The number of halogens is 4. The first kappa shape index (κ1) is 19.0. The summed E-state index contributed by atoms with van der Waals surface area (Å²) in [5.74, 6) is -4.53. The van der Waals surface area contributed by atoms with E-state index in [1.165, 1.54) is 12.1 Å². The molecule has 0 amide bonds. The Kier molecular flexibility index (Phi) is 6.04. The predicted octanol–water partition coefficient (Wildman–Crippen LogP) is 3.06. The van der Waals surface area contributed by atoms with Crippen molar-refractivity contribution < 1.29 is 30.2 Å². The third kappa shape index (κ3) is 4.01. The molecule has 0 aliphatic rings. The third-order valence-corrected chi connectivity index (χ3v) is 4.07. The van der Waals surface area contributed by atoms with E-state index >= 15 is 0 Å². The van der Waals surface area contributed by atoms with E-state index < -0.39 is 29.1 Å². The Hall–Kier alpha value is -1.07. The van der Waals surface area contributed by atoms with Gasteiger partial charge in [-0.1, -0.05) is 36.4 Å². The van der Waals surface area contributed by atoms with Crippen LogP contribution in [0.3, 0.4) is 0 Å². The van der Waals surface area contributed by atoms with Gasteiger partial charge in [-0.3, -0.25) is 4.18 Å². The van der Waals surface area contributed by atoms with E-state index in [2.05, 4.69) is 4.18 Å². The molecule has 2 rings (SSSR count). The van der Waals surface area contributed by atoms with Gasteiger partial charge in [0, 0.05) is 24.2 Å². The van der Waals surface area contributed by atoms with Crippen LogP contribution in [0.4, 0.5) is 17.6 Å². The molecule has 2 aromatic rings. The zero-order valence-corrected chi connectivity index (χ0v) is 12.3. The molecule has 0 bridgehead atoms. The quantitative estimate of drug-likeness (QED) is 0.481. The number of benzene rings is 2. The van der Waals surface area contributed by atoms with Crippen LogP contribution in [-0.2, 0) is 14.3 Å². The zero-order chi connectivity index (χ0) is 15.7. The fraction of sp³-hybridized carbons (Fsp3) is 0.231. The monoisotopic (exact) mass is 329 g/mol. The van der Waals surface area contributed by atoms with Crippen molar-refractivity contribution in [3.8, 4) is 0 Å². The van der Waals surface area contributed by atoms with Crippen molar-refractivity contribution in [2.75, 3.05) is 6.61 Å². The number of fused-ring (bicyclic) bond motifs is 1. The molecule has 0 atom stereocenters. The van der Waals surface area contributed by atoms with Gasteiger partial charge in [-0.05, 0) is 11.5 Å². The Morgan fingerprint density at radius 1 is 1.05 bits per heavy atom. The maximum atomic E-state index is 12.8. The van der Waals surface area contributed by atoms with Gasteiger partial charge >= 0.3 is 12.3 Å². The number of alkyl halides is 4. The summed E-state index contributed by atoms with van der Waals surface area (Å²) in [6, 6.07) is 10.5. The number of rotatable bonds is 5. The maximum Gasteiger partial charge on any atom is 0.331 e. The molecule has 0 heterocycles. The van der Waals surface area contributed by atoms with E-state index in [1.54, 1.807) is 24.3 Å². The van der Waals surface area contributed by atoms with Crippen LogP contribution in [0.1, 0.15) is 0 Å². The van der Waals surface area contributed by atoms with Gasteiger partial charge < -0.3 is 0 Å². The van der Waals surface area contributed by atoms with Gasteiger partial charge in [-0.15, -0.1) is 0 Å². The minimum Gasteiger partial charge on any atom is -0.260 e. The summed E-state index contributed by atoms with van der Waals surface area (Å²) in [5.41, 5.74) is 0. The van der Waals surface area contributed by atoms with Gasteiger partial charge in [0.05, 0.1) is 0 Å². The van der Waals surface area contributed by atoms with Crippen molar-refractivity contribution in [1.29, 1.82) is 0 Å². The van der Waals surface area contributed by atoms with Crippen molar-refractivity contribution in [3.63, 3.8) is 0 Å².